The third-order valence-electron chi connectivity index (χ3n) is 2.57. The van der Waals surface area contributed by atoms with Crippen LogP contribution >= 0.6 is 11.8 Å². The summed E-state index contributed by atoms with van der Waals surface area (Å²) >= 11 is 1.13. The highest BCUT2D eigenvalue weighted by Gasteiger charge is 2.07. The first kappa shape index (κ1) is 14.3. The van der Waals surface area contributed by atoms with Gasteiger partial charge in [0.1, 0.15) is 6.20 Å². The van der Waals surface area contributed by atoms with Crippen LogP contribution in [0.2, 0.25) is 0 Å². The molecule has 104 valence electrons. The molecule has 0 radical (unpaired) electrons. The number of carbonyl (C=O) groups excluding carboxylic acids is 1. The van der Waals surface area contributed by atoms with Crippen molar-refractivity contribution in [3.63, 3.8) is 0 Å². The summed E-state index contributed by atoms with van der Waals surface area (Å²) in [6.07, 6.45) is 1.93. The number of amides is 1. The molecule has 0 aliphatic heterocycles. The van der Waals surface area contributed by atoms with Crippen molar-refractivity contribution >= 4 is 23.4 Å². The van der Waals surface area contributed by atoms with Crippen molar-refractivity contribution in [3.8, 4) is 0 Å². The molecule has 0 bridgehead atoms. The average molecular weight is 290 g/mol. The highest BCUT2D eigenvalue weighted by atomic mass is 32.2. The zero-order valence-electron chi connectivity index (χ0n) is 10.9. The number of aryl methyl sites for hydroxylation is 1. The minimum absolute atomic E-state index is 0.151. The van der Waals surface area contributed by atoms with Crippen molar-refractivity contribution in [1.82, 2.24) is 15.2 Å². The molecule has 0 saturated carbocycles. The van der Waals surface area contributed by atoms with Crippen molar-refractivity contribution in [3.05, 3.63) is 46.4 Å². The lowest BCUT2D eigenvalue weighted by atomic mass is 10.1. The molecule has 20 heavy (non-hydrogen) atoms. The van der Waals surface area contributed by atoms with Gasteiger partial charge in [-0.1, -0.05) is 36.9 Å². The molecule has 1 amide bonds. The van der Waals surface area contributed by atoms with Gasteiger partial charge in [-0.2, -0.15) is 5.10 Å². The van der Waals surface area contributed by atoms with Crippen LogP contribution in [0.15, 0.2) is 40.4 Å². The standard InChI is InChI=1S/C13H14N4O2S/c1-2-9-5-3-4-6-10(9)15-12(19)8-20-13-16-11(18)7-14-17-13/h3-7H,2,8H2,1H3,(H,15,19)(H,16,17,18). The number of thioether (sulfide) groups is 1. The average Bonchev–Trinajstić information content (AvgIpc) is 2.46. The van der Waals surface area contributed by atoms with Crippen molar-refractivity contribution in [2.45, 2.75) is 18.5 Å². The third-order valence-corrected chi connectivity index (χ3v) is 3.43. The lowest BCUT2D eigenvalue weighted by Crippen LogP contribution is -2.16. The summed E-state index contributed by atoms with van der Waals surface area (Å²) in [7, 11) is 0. The van der Waals surface area contributed by atoms with E-state index in [1.165, 1.54) is 0 Å². The SMILES string of the molecule is CCc1ccccc1NC(=O)CSc1nncc(=O)[nH]1. The van der Waals surface area contributed by atoms with Gasteiger partial charge in [0.2, 0.25) is 5.91 Å². The predicted molar refractivity (Wildman–Crippen MR) is 77.8 cm³/mol. The van der Waals surface area contributed by atoms with Crippen LogP contribution in [-0.4, -0.2) is 26.8 Å². The molecule has 1 heterocycles. The van der Waals surface area contributed by atoms with Crippen molar-refractivity contribution < 1.29 is 4.79 Å². The van der Waals surface area contributed by atoms with E-state index in [4.69, 9.17) is 0 Å². The second-order valence-corrected chi connectivity index (χ2v) is 4.95. The molecule has 0 saturated heterocycles. The Morgan fingerprint density at radius 2 is 2.20 bits per heavy atom. The molecule has 0 aliphatic carbocycles. The molecule has 0 unspecified atom stereocenters. The van der Waals surface area contributed by atoms with Gasteiger partial charge in [-0.25, -0.2) is 0 Å². The summed E-state index contributed by atoms with van der Waals surface area (Å²) < 4.78 is 0. The first-order chi connectivity index (χ1) is 9.69. The number of rotatable bonds is 5. The molecule has 0 fully saturated rings. The Hall–Kier alpha value is -2.15. The zero-order chi connectivity index (χ0) is 14.4. The number of nitrogens with one attached hydrogen (secondary N) is 2. The fraction of sp³-hybridized carbons (Fsp3) is 0.231. The molecule has 2 aromatic rings. The van der Waals surface area contributed by atoms with Gasteiger partial charge in [0.05, 0.1) is 5.75 Å². The number of benzene rings is 1. The van der Waals surface area contributed by atoms with Crippen LogP contribution in [0.1, 0.15) is 12.5 Å². The summed E-state index contributed by atoms with van der Waals surface area (Å²) in [5, 5.41) is 10.4. The van der Waals surface area contributed by atoms with E-state index in [9.17, 15) is 9.59 Å². The Bertz CT molecular complexity index is 657. The topological polar surface area (TPSA) is 87.7 Å². The second kappa shape index (κ2) is 6.85. The van der Waals surface area contributed by atoms with Crippen LogP contribution in [0.3, 0.4) is 0 Å². The minimum atomic E-state index is -0.334. The summed E-state index contributed by atoms with van der Waals surface area (Å²) in [5.41, 5.74) is 1.56. The second-order valence-electron chi connectivity index (χ2n) is 3.99. The minimum Gasteiger partial charge on any atom is -0.325 e. The van der Waals surface area contributed by atoms with E-state index in [1.807, 2.05) is 31.2 Å². The van der Waals surface area contributed by atoms with Crippen molar-refractivity contribution in [1.29, 1.82) is 0 Å². The molecule has 2 rings (SSSR count). The summed E-state index contributed by atoms with van der Waals surface area (Å²) in [5.74, 6) is 0.00885. The Balaban J connectivity index is 1.94. The number of hydrogen-bond acceptors (Lipinski definition) is 5. The molecule has 0 spiro atoms. The predicted octanol–water partition coefficient (Wildman–Crippen LogP) is 1.46. The quantitative estimate of drug-likeness (QED) is 0.814. The van der Waals surface area contributed by atoms with Crippen LogP contribution in [0.5, 0.6) is 0 Å². The van der Waals surface area contributed by atoms with Gasteiger partial charge in [-0.05, 0) is 18.1 Å². The van der Waals surface area contributed by atoms with Gasteiger partial charge in [-0.15, -0.1) is 5.10 Å². The summed E-state index contributed by atoms with van der Waals surface area (Å²) in [6, 6.07) is 7.66. The maximum absolute atomic E-state index is 11.9. The van der Waals surface area contributed by atoms with E-state index in [0.29, 0.717) is 5.16 Å². The van der Waals surface area contributed by atoms with E-state index in [0.717, 1.165) is 35.6 Å². The third kappa shape index (κ3) is 3.92. The first-order valence-corrected chi connectivity index (χ1v) is 7.10. The lowest BCUT2D eigenvalue weighted by Gasteiger charge is -2.09. The van der Waals surface area contributed by atoms with Crippen LogP contribution < -0.4 is 10.9 Å². The Labute approximate surface area is 120 Å². The summed E-state index contributed by atoms with van der Waals surface area (Å²) in [4.78, 5) is 25.4. The van der Waals surface area contributed by atoms with E-state index >= 15 is 0 Å². The van der Waals surface area contributed by atoms with Gasteiger partial charge in [0.15, 0.2) is 5.16 Å². The van der Waals surface area contributed by atoms with Gasteiger partial charge in [0, 0.05) is 5.69 Å². The maximum atomic E-state index is 11.9. The number of hydrogen-bond donors (Lipinski definition) is 2. The zero-order valence-corrected chi connectivity index (χ0v) is 11.7. The van der Waals surface area contributed by atoms with Gasteiger partial charge >= 0.3 is 0 Å². The molecule has 1 aromatic carbocycles. The first-order valence-electron chi connectivity index (χ1n) is 6.11. The number of aromatic amines is 1. The number of aromatic nitrogens is 3. The Kier molecular flexibility index (Phi) is 4.89. The van der Waals surface area contributed by atoms with E-state index < -0.39 is 0 Å². The van der Waals surface area contributed by atoms with Crippen LogP contribution in [0.25, 0.3) is 0 Å². The molecule has 0 aliphatic rings. The molecular weight excluding hydrogens is 276 g/mol. The Morgan fingerprint density at radius 3 is 2.95 bits per heavy atom. The maximum Gasteiger partial charge on any atom is 0.270 e. The number of carbonyl (C=O) groups is 1. The fourth-order valence-corrected chi connectivity index (χ4v) is 2.25. The van der Waals surface area contributed by atoms with Crippen molar-refractivity contribution in [2.75, 3.05) is 11.1 Å². The highest BCUT2D eigenvalue weighted by Crippen LogP contribution is 2.16. The van der Waals surface area contributed by atoms with Gasteiger partial charge in [0.25, 0.3) is 5.56 Å². The lowest BCUT2D eigenvalue weighted by molar-refractivity contribution is -0.113. The van der Waals surface area contributed by atoms with E-state index in [1.54, 1.807) is 0 Å². The Morgan fingerprint density at radius 1 is 1.40 bits per heavy atom. The molecule has 0 atom stereocenters. The molecular formula is C13H14N4O2S. The smallest absolute Gasteiger partial charge is 0.270 e. The molecule has 6 nitrogen and oxygen atoms in total. The number of para-hydroxylation sites is 1. The van der Waals surface area contributed by atoms with Crippen LogP contribution in [-0.2, 0) is 11.2 Å². The summed E-state index contributed by atoms with van der Waals surface area (Å²) in [6.45, 7) is 2.03. The fourth-order valence-electron chi connectivity index (χ4n) is 1.63. The van der Waals surface area contributed by atoms with Crippen molar-refractivity contribution in [2.24, 2.45) is 0 Å². The van der Waals surface area contributed by atoms with Gasteiger partial charge in [-0.3, -0.25) is 14.6 Å². The largest absolute Gasteiger partial charge is 0.325 e. The number of nitrogens with zero attached hydrogens (tertiary/aromatic N) is 2. The molecule has 2 N–H and O–H groups in total. The van der Waals surface area contributed by atoms with Gasteiger partial charge < -0.3 is 5.32 Å². The van der Waals surface area contributed by atoms with Crippen LogP contribution in [0.4, 0.5) is 5.69 Å². The molecule has 7 heteroatoms. The normalized spacial score (nSPS) is 10.2. The number of H-pyrrole nitrogens is 1. The van der Waals surface area contributed by atoms with E-state index in [-0.39, 0.29) is 17.2 Å². The number of anilines is 1. The van der Waals surface area contributed by atoms with E-state index in [2.05, 4.69) is 20.5 Å². The molecule has 1 aromatic heterocycles. The van der Waals surface area contributed by atoms with Crippen LogP contribution in [0, 0.1) is 0 Å². The monoisotopic (exact) mass is 290 g/mol. The highest BCUT2D eigenvalue weighted by molar-refractivity contribution is 7.99.